The van der Waals surface area contributed by atoms with Gasteiger partial charge in [-0.3, -0.25) is 13.6 Å². The summed E-state index contributed by atoms with van der Waals surface area (Å²) in [7, 11) is -5.17. The molecule has 0 saturated carbocycles. The Hall–Kier alpha value is -0.490. The van der Waals surface area contributed by atoms with Crippen molar-refractivity contribution in [3.8, 4) is 0 Å². The summed E-state index contributed by atoms with van der Waals surface area (Å²) in [6, 6.07) is 7.68. The Morgan fingerprint density at radius 1 is 1.05 bits per heavy atom. The second-order valence-electron chi connectivity index (χ2n) is 3.01. The molecule has 0 unspecified atom stereocenters. The molecule has 1 aliphatic heterocycles. The molecular weight excluding hydrogens is 318 g/mol. The number of anilines is 1. The molecule has 0 spiro atoms. The molecule has 0 amide bonds. The van der Waals surface area contributed by atoms with Crippen molar-refractivity contribution in [2.75, 3.05) is 5.06 Å². The Morgan fingerprint density at radius 2 is 1.55 bits per heavy atom. The first-order valence-electron chi connectivity index (χ1n) is 4.46. The molecule has 1 aliphatic rings. The topological polar surface area (TPSA) is 167 Å². The van der Waals surface area contributed by atoms with Gasteiger partial charge in [-0.25, -0.2) is 5.06 Å². The van der Waals surface area contributed by atoms with Gasteiger partial charge < -0.3 is 20.1 Å². The molecule has 0 aromatic heterocycles. The minimum atomic E-state index is -5.17. The SMILES string of the molecule is O.O.O=S(=O)([O-])[O-].ON1C=CC=Cc2ccccc21.[Ca+2]. The van der Waals surface area contributed by atoms with Crippen molar-refractivity contribution in [2.45, 2.75) is 0 Å². The zero-order chi connectivity index (χ0) is 12.9. The van der Waals surface area contributed by atoms with Crippen LogP contribution in [-0.4, -0.2) is 71.4 Å². The van der Waals surface area contributed by atoms with E-state index in [1.807, 2.05) is 36.4 Å². The van der Waals surface area contributed by atoms with E-state index in [2.05, 4.69) is 0 Å². The summed E-state index contributed by atoms with van der Waals surface area (Å²) in [5.41, 5.74) is 1.83. The second-order valence-corrected chi connectivity index (χ2v) is 3.83. The summed E-state index contributed by atoms with van der Waals surface area (Å²) in [4.78, 5) is 0. The van der Waals surface area contributed by atoms with Crippen molar-refractivity contribution < 1.29 is 33.7 Å². The minimum absolute atomic E-state index is 0. The quantitative estimate of drug-likeness (QED) is 0.365. The molecule has 1 heterocycles. The number of hydroxylamine groups is 1. The summed E-state index contributed by atoms with van der Waals surface area (Å²) >= 11 is 0. The number of benzene rings is 1. The van der Waals surface area contributed by atoms with Crippen LogP contribution < -0.4 is 5.06 Å². The fourth-order valence-corrected chi connectivity index (χ4v) is 1.21. The molecule has 1 aromatic rings. The monoisotopic (exact) mass is 331 g/mol. The Labute approximate surface area is 146 Å². The maximum Gasteiger partial charge on any atom is 2.00 e. The molecule has 0 atom stereocenters. The molecule has 108 valence electrons. The van der Waals surface area contributed by atoms with Crippen LogP contribution in [0.2, 0.25) is 0 Å². The third-order valence-electron chi connectivity index (χ3n) is 1.80. The van der Waals surface area contributed by atoms with Gasteiger partial charge in [0.15, 0.2) is 0 Å². The first-order valence-corrected chi connectivity index (χ1v) is 5.80. The van der Waals surface area contributed by atoms with Crippen molar-refractivity contribution in [3.05, 3.63) is 48.2 Å². The van der Waals surface area contributed by atoms with E-state index in [4.69, 9.17) is 17.5 Å². The maximum atomic E-state index is 9.45. The third kappa shape index (κ3) is 10.3. The molecule has 2 rings (SSSR count). The predicted octanol–water partition coefficient (Wildman–Crippen LogP) is -0.946. The van der Waals surface area contributed by atoms with Crippen molar-refractivity contribution in [2.24, 2.45) is 0 Å². The number of hydrogen-bond donors (Lipinski definition) is 1. The molecule has 10 heteroatoms. The molecule has 0 bridgehead atoms. The van der Waals surface area contributed by atoms with E-state index < -0.39 is 10.4 Å². The molecule has 0 saturated heterocycles. The van der Waals surface area contributed by atoms with E-state index in [1.165, 1.54) is 0 Å². The summed E-state index contributed by atoms with van der Waals surface area (Å²) in [5, 5.41) is 10.6. The second kappa shape index (κ2) is 11.2. The Bertz CT molecular complexity index is 536. The van der Waals surface area contributed by atoms with Crippen LogP contribution in [0.3, 0.4) is 0 Å². The summed E-state index contributed by atoms with van der Waals surface area (Å²) in [6.45, 7) is 0. The van der Waals surface area contributed by atoms with E-state index in [-0.39, 0.29) is 48.7 Å². The third-order valence-corrected chi connectivity index (χ3v) is 1.80. The van der Waals surface area contributed by atoms with E-state index in [9.17, 15) is 5.21 Å². The molecular formula is C10H13CaNO7S. The first kappa shape index (κ1) is 24.5. The normalized spacial score (nSPS) is 11.4. The van der Waals surface area contributed by atoms with Crippen molar-refractivity contribution in [1.29, 1.82) is 0 Å². The van der Waals surface area contributed by atoms with Crippen molar-refractivity contribution in [3.63, 3.8) is 0 Å². The average Bonchev–Trinajstić information content (AvgIpc) is 2.39. The van der Waals surface area contributed by atoms with E-state index in [1.54, 1.807) is 12.3 Å². The van der Waals surface area contributed by atoms with Gasteiger partial charge in [-0.1, -0.05) is 30.4 Å². The largest absolute Gasteiger partial charge is 2.00 e. The van der Waals surface area contributed by atoms with Crippen LogP contribution in [0.25, 0.3) is 6.08 Å². The van der Waals surface area contributed by atoms with E-state index >= 15 is 0 Å². The summed E-state index contributed by atoms with van der Waals surface area (Å²) in [5.74, 6) is 0. The number of nitrogens with zero attached hydrogens (tertiary/aromatic N) is 1. The minimum Gasteiger partial charge on any atom is -0.759 e. The smallest absolute Gasteiger partial charge is 0.759 e. The van der Waals surface area contributed by atoms with Gasteiger partial charge >= 0.3 is 37.7 Å². The number of fused-ring (bicyclic) bond motifs is 1. The Balaban J connectivity index is -0.000000322. The predicted molar refractivity (Wildman–Crippen MR) is 72.3 cm³/mol. The molecule has 5 N–H and O–H groups in total. The number of rotatable bonds is 0. The van der Waals surface area contributed by atoms with Crippen LogP contribution in [-0.2, 0) is 10.4 Å². The fraction of sp³-hybridized carbons (Fsp3) is 0. The van der Waals surface area contributed by atoms with Gasteiger partial charge in [0.2, 0.25) is 0 Å². The van der Waals surface area contributed by atoms with Crippen LogP contribution in [0.5, 0.6) is 0 Å². The Morgan fingerprint density at radius 3 is 2.10 bits per heavy atom. The molecule has 1 aromatic carbocycles. The van der Waals surface area contributed by atoms with E-state index in [0.29, 0.717) is 0 Å². The zero-order valence-electron chi connectivity index (χ0n) is 10.3. The van der Waals surface area contributed by atoms with Crippen LogP contribution in [0, 0.1) is 0 Å². The van der Waals surface area contributed by atoms with Gasteiger partial charge in [0.1, 0.15) is 0 Å². The van der Waals surface area contributed by atoms with Crippen LogP contribution in [0.1, 0.15) is 5.56 Å². The number of hydrogen-bond acceptors (Lipinski definition) is 6. The van der Waals surface area contributed by atoms with Crippen LogP contribution in [0.15, 0.2) is 42.6 Å². The van der Waals surface area contributed by atoms with Gasteiger partial charge in [0, 0.05) is 22.2 Å². The van der Waals surface area contributed by atoms with Gasteiger partial charge in [0.25, 0.3) is 0 Å². The van der Waals surface area contributed by atoms with Gasteiger partial charge in [-0.2, -0.15) is 0 Å². The summed E-state index contributed by atoms with van der Waals surface area (Å²) in [6.07, 6.45) is 7.26. The van der Waals surface area contributed by atoms with Crippen molar-refractivity contribution >= 4 is 59.9 Å². The number of para-hydroxylation sites is 1. The van der Waals surface area contributed by atoms with Crippen molar-refractivity contribution in [1.82, 2.24) is 0 Å². The van der Waals surface area contributed by atoms with Gasteiger partial charge in [-0.15, -0.1) is 0 Å². The standard InChI is InChI=1S/C10H9NO.Ca.H2O4S.2H2O/c12-11-8-4-3-6-9-5-1-2-7-10(9)11;;1-5(2,3)4;;/h1-8,12H;;(H2,1,2,3,4);2*1H2/q;+2;;;/p-2. The zero-order valence-corrected chi connectivity index (χ0v) is 13.3. The molecule has 20 heavy (non-hydrogen) atoms. The van der Waals surface area contributed by atoms with Gasteiger partial charge in [0.05, 0.1) is 5.69 Å². The number of allylic oxidation sites excluding steroid dienone is 2. The summed E-state index contributed by atoms with van der Waals surface area (Å²) < 4.78 is 34.1. The van der Waals surface area contributed by atoms with Gasteiger partial charge in [-0.05, 0) is 12.1 Å². The fourth-order valence-electron chi connectivity index (χ4n) is 1.21. The molecule has 0 radical (unpaired) electrons. The van der Waals surface area contributed by atoms with E-state index in [0.717, 1.165) is 16.3 Å². The first-order chi connectivity index (χ1) is 7.88. The van der Waals surface area contributed by atoms with Crippen LogP contribution in [0.4, 0.5) is 5.69 Å². The average molecular weight is 331 g/mol. The Kier molecular flexibility index (Phi) is 13.7. The molecule has 0 aliphatic carbocycles. The molecule has 8 nitrogen and oxygen atoms in total. The maximum absolute atomic E-state index is 9.45. The van der Waals surface area contributed by atoms with Crippen LogP contribution >= 0.6 is 0 Å². The molecule has 0 fully saturated rings.